The monoisotopic (exact) mass is 180 g/mol. The lowest BCUT2D eigenvalue weighted by atomic mass is 10.1. The van der Waals surface area contributed by atoms with Crippen molar-refractivity contribution in [3.63, 3.8) is 0 Å². The zero-order chi connectivity index (χ0) is 9.10. The first-order chi connectivity index (χ1) is 6.38. The van der Waals surface area contributed by atoms with Crippen LogP contribution in [0.4, 0.5) is 0 Å². The van der Waals surface area contributed by atoms with E-state index in [1.807, 2.05) is 12.1 Å². The summed E-state index contributed by atoms with van der Waals surface area (Å²) in [6.07, 6.45) is 3.43. The van der Waals surface area contributed by atoms with Gasteiger partial charge in [-0.15, -0.1) is 0 Å². The van der Waals surface area contributed by atoms with Crippen LogP contribution < -0.4 is 27.7 Å². The molecule has 1 atom stereocenters. The molecule has 2 heterocycles. The Bertz CT molecular complexity index is 257. The maximum absolute atomic E-state index is 5.97. The van der Waals surface area contributed by atoms with Gasteiger partial charge in [0.05, 0.1) is 6.04 Å². The SMILES string of the molecule is NC(c1ccncc1)C1NNNN1. The van der Waals surface area contributed by atoms with E-state index >= 15 is 0 Å². The lowest BCUT2D eigenvalue weighted by Gasteiger charge is -2.17. The van der Waals surface area contributed by atoms with Crippen molar-refractivity contribution in [3.05, 3.63) is 30.1 Å². The maximum Gasteiger partial charge on any atom is 0.105 e. The van der Waals surface area contributed by atoms with E-state index in [0.717, 1.165) is 5.56 Å². The molecule has 6 heteroatoms. The molecule has 70 valence electrons. The first-order valence-corrected chi connectivity index (χ1v) is 4.04. The summed E-state index contributed by atoms with van der Waals surface area (Å²) in [4.78, 5) is 3.93. The minimum absolute atomic E-state index is 0.0256. The standard InChI is InChI=1S/C7H12N6/c8-6(7-10-12-13-11-7)5-1-3-9-4-2-5/h1-4,6-7,10-13H,8H2. The van der Waals surface area contributed by atoms with Crippen LogP contribution in [-0.2, 0) is 0 Å². The van der Waals surface area contributed by atoms with E-state index in [-0.39, 0.29) is 12.2 Å². The van der Waals surface area contributed by atoms with Crippen molar-refractivity contribution in [1.29, 1.82) is 0 Å². The maximum atomic E-state index is 5.97. The molecule has 6 nitrogen and oxygen atoms in total. The molecule has 2 rings (SSSR count). The van der Waals surface area contributed by atoms with Gasteiger partial charge in [0.1, 0.15) is 6.17 Å². The molecule has 1 fully saturated rings. The molecule has 1 aliphatic rings. The largest absolute Gasteiger partial charge is 0.321 e. The number of nitrogens with two attached hydrogens (primary N) is 1. The zero-order valence-corrected chi connectivity index (χ0v) is 6.99. The number of rotatable bonds is 2. The smallest absolute Gasteiger partial charge is 0.105 e. The Morgan fingerprint density at radius 2 is 1.85 bits per heavy atom. The predicted molar refractivity (Wildman–Crippen MR) is 47.5 cm³/mol. The van der Waals surface area contributed by atoms with Crippen molar-refractivity contribution in [2.24, 2.45) is 5.73 Å². The molecule has 0 saturated carbocycles. The molecule has 0 aliphatic carbocycles. The second-order valence-corrected chi connectivity index (χ2v) is 2.82. The van der Waals surface area contributed by atoms with Gasteiger partial charge in [0.2, 0.25) is 0 Å². The molecule has 0 radical (unpaired) electrons. The summed E-state index contributed by atoms with van der Waals surface area (Å²) in [5, 5.41) is 0. The predicted octanol–water partition coefficient (Wildman–Crippen LogP) is -1.48. The molecule has 1 unspecified atom stereocenters. The lowest BCUT2D eigenvalue weighted by Crippen LogP contribution is -2.43. The Kier molecular flexibility index (Phi) is 2.48. The van der Waals surface area contributed by atoms with E-state index in [1.165, 1.54) is 0 Å². The quantitative estimate of drug-likeness (QED) is 0.382. The average molecular weight is 180 g/mol. The minimum atomic E-state index is -0.120. The van der Waals surface area contributed by atoms with Gasteiger partial charge in [-0.25, -0.2) is 10.9 Å². The summed E-state index contributed by atoms with van der Waals surface area (Å²) in [5.74, 6) is 0. The van der Waals surface area contributed by atoms with E-state index in [0.29, 0.717) is 0 Å². The molecule has 1 aromatic heterocycles. The fourth-order valence-corrected chi connectivity index (χ4v) is 1.22. The fourth-order valence-electron chi connectivity index (χ4n) is 1.22. The number of hydrogen-bond donors (Lipinski definition) is 5. The van der Waals surface area contributed by atoms with Crippen LogP contribution >= 0.6 is 0 Å². The molecule has 0 aromatic carbocycles. The fraction of sp³-hybridized carbons (Fsp3) is 0.286. The van der Waals surface area contributed by atoms with Gasteiger partial charge in [-0.3, -0.25) is 4.98 Å². The summed E-state index contributed by atoms with van der Waals surface area (Å²) in [7, 11) is 0. The molecule has 13 heavy (non-hydrogen) atoms. The van der Waals surface area contributed by atoms with E-state index < -0.39 is 0 Å². The Morgan fingerprint density at radius 3 is 2.46 bits per heavy atom. The zero-order valence-electron chi connectivity index (χ0n) is 6.99. The highest BCUT2D eigenvalue weighted by atomic mass is 15.8. The van der Waals surface area contributed by atoms with E-state index in [9.17, 15) is 0 Å². The van der Waals surface area contributed by atoms with Gasteiger partial charge in [0, 0.05) is 12.4 Å². The Labute approximate surface area is 75.8 Å². The van der Waals surface area contributed by atoms with Crippen molar-refractivity contribution in [3.8, 4) is 0 Å². The number of aromatic nitrogens is 1. The van der Waals surface area contributed by atoms with Gasteiger partial charge in [0.25, 0.3) is 0 Å². The van der Waals surface area contributed by atoms with Crippen molar-refractivity contribution in [2.45, 2.75) is 12.2 Å². The van der Waals surface area contributed by atoms with Crippen LogP contribution in [0, 0.1) is 0 Å². The van der Waals surface area contributed by atoms with E-state index in [1.54, 1.807) is 12.4 Å². The molecule has 0 amide bonds. The molecule has 1 aromatic rings. The van der Waals surface area contributed by atoms with Crippen LogP contribution in [0.2, 0.25) is 0 Å². The molecule has 0 spiro atoms. The molecular weight excluding hydrogens is 168 g/mol. The molecule has 1 aliphatic heterocycles. The van der Waals surface area contributed by atoms with Gasteiger partial charge in [-0.1, -0.05) is 0 Å². The molecule has 0 bridgehead atoms. The molecular formula is C7H12N6. The Balaban J connectivity index is 2.08. The topological polar surface area (TPSA) is 87.0 Å². The van der Waals surface area contributed by atoms with Crippen LogP contribution in [0.3, 0.4) is 0 Å². The van der Waals surface area contributed by atoms with Gasteiger partial charge < -0.3 is 5.73 Å². The van der Waals surface area contributed by atoms with Gasteiger partial charge in [-0.2, -0.15) is 11.1 Å². The first kappa shape index (κ1) is 8.54. The highest BCUT2D eigenvalue weighted by molar-refractivity contribution is 5.16. The van der Waals surface area contributed by atoms with Crippen LogP contribution in [0.25, 0.3) is 0 Å². The van der Waals surface area contributed by atoms with Crippen molar-refractivity contribution in [2.75, 3.05) is 0 Å². The third-order valence-electron chi connectivity index (χ3n) is 1.97. The Morgan fingerprint density at radius 1 is 1.23 bits per heavy atom. The number of pyridine rings is 1. The summed E-state index contributed by atoms with van der Waals surface area (Å²) in [6.45, 7) is 0. The summed E-state index contributed by atoms with van der Waals surface area (Å²) < 4.78 is 0. The number of hydrazine groups is 3. The Hall–Kier alpha value is -1.05. The normalized spacial score (nSPS) is 20.4. The third-order valence-corrected chi connectivity index (χ3v) is 1.97. The number of nitrogens with one attached hydrogen (secondary N) is 4. The lowest BCUT2D eigenvalue weighted by molar-refractivity contribution is 0.440. The van der Waals surface area contributed by atoms with E-state index in [2.05, 4.69) is 26.9 Å². The van der Waals surface area contributed by atoms with Crippen molar-refractivity contribution < 1.29 is 0 Å². The van der Waals surface area contributed by atoms with Crippen LogP contribution in [0.1, 0.15) is 11.6 Å². The minimum Gasteiger partial charge on any atom is -0.321 e. The number of nitrogens with zero attached hydrogens (tertiary/aromatic N) is 1. The number of hydrogen-bond acceptors (Lipinski definition) is 6. The third kappa shape index (κ3) is 1.82. The van der Waals surface area contributed by atoms with Crippen LogP contribution in [0.5, 0.6) is 0 Å². The van der Waals surface area contributed by atoms with Crippen LogP contribution in [0.15, 0.2) is 24.5 Å². The highest BCUT2D eigenvalue weighted by Gasteiger charge is 2.21. The molecule has 6 N–H and O–H groups in total. The molecule has 1 saturated heterocycles. The van der Waals surface area contributed by atoms with Crippen LogP contribution in [-0.4, -0.2) is 11.1 Å². The highest BCUT2D eigenvalue weighted by Crippen LogP contribution is 2.10. The van der Waals surface area contributed by atoms with Crippen molar-refractivity contribution in [1.82, 2.24) is 26.9 Å². The second kappa shape index (κ2) is 3.77. The van der Waals surface area contributed by atoms with Gasteiger partial charge in [0.15, 0.2) is 0 Å². The van der Waals surface area contributed by atoms with Gasteiger partial charge >= 0.3 is 0 Å². The van der Waals surface area contributed by atoms with Gasteiger partial charge in [-0.05, 0) is 17.7 Å². The summed E-state index contributed by atoms with van der Waals surface area (Å²) in [5.41, 5.74) is 18.3. The first-order valence-electron chi connectivity index (χ1n) is 4.04. The summed E-state index contributed by atoms with van der Waals surface area (Å²) in [6, 6.07) is 3.67. The second-order valence-electron chi connectivity index (χ2n) is 2.82. The average Bonchev–Trinajstić information content (AvgIpc) is 2.71. The van der Waals surface area contributed by atoms with Crippen molar-refractivity contribution >= 4 is 0 Å². The van der Waals surface area contributed by atoms with E-state index in [4.69, 9.17) is 5.73 Å². The summed E-state index contributed by atoms with van der Waals surface area (Å²) >= 11 is 0.